The van der Waals surface area contributed by atoms with Crippen LogP contribution in [-0.4, -0.2) is 9.97 Å². The van der Waals surface area contributed by atoms with Crippen LogP contribution in [0.1, 0.15) is 38.1 Å². The molecule has 1 rings (SSSR count). The first-order valence-corrected chi connectivity index (χ1v) is 5.16. The van der Waals surface area contributed by atoms with Crippen molar-refractivity contribution in [3.8, 4) is 0 Å². The van der Waals surface area contributed by atoms with Gasteiger partial charge in [0.25, 0.3) is 0 Å². The Hall–Kier alpha value is -0.630. The summed E-state index contributed by atoms with van der Waals surface area (Å²) in [6.07, 6.45) is 5.84. The molecule has 0 aliphatic carbocycles. The monoisotopic (exact) mass is 198 g/mol. The first-order valence-electron chi connectivity index (χ1n) is 4.78. The summed E-state index contributed by atoms with van der Waals surface area (Å²) in [5.41, 5.74) is 1.91. The third-order valence-corrected chi connectivity index (χ3v) is 2.14. The summed E-state index contributed by atoms with van der Waals surface area (Å²) in [7, 11) is 0. The maximum atomic E-state index is 5.97. The molecule has 2 nitrogen and oxygen atoms in total. The number of halogens is 1. The van der Waals surface area contributed by atoms with Gasteiger partial charge in [-0.25, -0.2) is 4.98 Å². The van der Waals surface area contributed by atoms with Gasteiger partial charge in [0.2, 0.25) is 0 Å². The quantitative estimate of drug-likeness (QED) is 0.743. The van der Waals surface area contributed by atoms with E-state index in [0.717, 1.165) is 37.1 Å². The van der Waals surface area contributed by atoms with Gasteiger partial charge in [-0.05, 0) is 12.8 Å². The molecule has 0 aliphatic rings. The van der Waals surface area contributed by atoms with E-state index in [9.17, 15) is 0 Å². The zero-order valence-electron chi connectivity index (χ0n) is 8.18. The Bertz CT molecular complexity index is 274. The van der Waals surface area contributed by atoms with Crippen molar-refractivity contribution in [2.75, 3.05) is 0 Å². The SMILES string of the molecule is CCCc1cnc(CCC)c(Cl)n1. The van der Waals surface area contributed by atoms with Crippen LogP contribution in [0.4, 0.5) is 0 Å². The highest BCUT2D eigenvalue weighted by Crippen LogP contribution is 2.13. The van der Waals surface area contributed by atoms with Crippen LogP contribution in [0, 0.1) is 0 Å². The van der Waals surface area contributed by atoms with Gasteiger partial charge in [0.15, 0.2) is 5.15 Å². The lowest BCUT2D eigenvalue weighted by atomic mass is 10.2. The number of rotatable bonds is 4. The molecule has 1 aromatic rings. The van der Waals surface area contributed by atoms with E-state index in [0.29, 0.717) is 5.15 Å². The maximum absolute atomic E-state index is 5.97. The minimum atomic E-state index is 0.577. The smallest absolute Gasteiger partial charge is 0.150 e. The van der Waals surface area contributed by atoms with Crippen LogP contribution in [0.2, 0.25) is 5.15 Å². The molecular weight excluding hydrogens is 184 g/mol. The molecule has 72 valence electrons. The first-order chi connectivity index (χ1) is 6.27. The van der Waals surface area contributed by atoms with E-state index < -0.39 is 0 Å². The predicted molar refractivity (Wildman–Crippen MR) is 55.0 cm³/mol. The summed E-state index contributed by atoms with van der Waals surface area (Å²) in [6.45, 7) is 4.23. The van der Waals surface area contributed by atoms with Crippen molar-refractivity contribution >= 4 is 11.6 Å². The van der Waals surface area contributed by atoms with Gasteiger partial charge in [0, 0.05) is 6.20 Å². The van der Waals surface area contributed by atoms with Crippen LogP contribution in [-0.2, 0) is 12.8 Å². The maximum Gasteiger partial charge on any atom is 0.150 e. The highest BCUT2D eigenvalue weighted by molar-refractivity contribution is 6.30. The van der Waals surface area contributed by atoms with Crippen LogP contribution in [0.3, 0.4) is 0 Å². The largest absolute Gasteiger partial charge is 0.256 e. The fourth-order valence-corrected chi connectivity index (χ4v) is 1.46. The van der Waals surface area contributed by atoms with E-state index in [1.54, 1.807) is 0 Å². The highest BCUT2D eigenvalue weighted by Gasteiger charge is 2.03. The van der Waals surface area contributed by atoms with Crippen molar-refractivity contribution in [1.29, 1.82) is 0 Å². The Morgan fingerprint density at radius 3 is 2.46 bits per heavy atom. The number of aryl methyl sites for hydroxylation is 2. The Labute approximate surface area is 84.4 Å². The molecule has 0 radical (unpaired) electrons. The minimum absolute atomic E-state index is 0.577. The van der Waals surface area contributed by atoms with Crippen LogP contribution in [0.15, 0.2) is 6.20 Å². The van der Waals surface area contributed by atoms with E-state index >= 15 is 0 Å². The van der Waals surface area contributed by atoms with Crippen LogP contribution in [0.5, 0.6) is 0 Å². The molecule has 0 N–H and O–H groups in total. The van der Waals surface area contributed by atoms with E-state index in [-0.39, 0.29) is 0 Å². The van der Waals surface area contributed by atoms with Gasteiger partial charge in [-0.2, -0.15) is 0 Å². The van der Waals surface area contributed by atoms with Gasteiger partial charge >= 0.3 is 0 Å². The van der Waals surface area contributed by atoms with Crippen molar-refractivity contribution in [3.05, 3.63) is 22.7 Å². The third-order valence-electron chi connectivity index (χ3n) is 1.84. The van der Waals surface area contributed by atoms with Gasteiger partial charge < -0.3 is 0 Å². The van der Waals surface area contributed by atoms with E-state index in [2.05, 4.69) is 23.8 Å². The summed E-state index contributed by atoms with van der Waals surface area (Å²) in [5.74, 6) is 0. The van der Waals surface area contributed by atoms with Crippen molar-refractivity contribution in [1.82, 2.24) is 9.97 Å². The summed E-state index contributed by atoms with van der Waals surface area (Å²) >= 11 is 5.97. The first kappa shape index (κ1) is 10.5. The second-order valence-corrected chi connectivity index (χ2v) is 3.46. The number of nitrogens with zero attached hydrogens (tertiary/aromatic N) is 2. The van der Waals surface area contributed by atoms with Gasteiger partial charge in [0.05, 0.1) is 11.4 Å². The molecule has 0 aromatic carbocycles. The number of hydrogen-bond acceptors (Lipinski definition) is 2. The van der Waals surface area contributed by atoms with Gasteiger partial charge in [-0.3, -0.25) is 4.98 Å². The Morgan fingerprint density at radius 1 is 1.23 bits per heavy atom. The summed E-state index contributed by atoms with van der Waals surface area (Å²) in [5, 5.41) is 0.577. The second kappa shape index (κ2) is 5.18. The van der Waals surface area contributed by atoms with E-state index in [1.165, 1.54) is 0 Å². The van der Waals surface area contributed by atoms with E-state index in [1.807, 2.05) is 6.20 Å². The molecule has 1 heterocycles. The topological polar surface area (TPSA) is 25.8 Å². The molecule has 0 aliphatic heterocycles. The molecule has 0 spiro atoms. The second-order valence-electron chi connectivity index (χ2n) is 3.10. The molecule has 0 bridgehead atoms. The average Bonchev–Trinajstić information content (AvgIpc) is 2.10. The zero-order valence-corrected chi connectivity index (χ0v) is 8.93. The van der Waals surface area contributed by atoms with Crippen molar-refractivity contribution < 1.29 is 0 Å². The fraction of sp³-hybridized carbons (Fsp3) is 0.600. The zero-order chi connectivity index (χ0) is 9.68. The molecular formula is C10H15ClN2. The van der Waals surface area contributed by atoms with Gasteiger partial charge in [0.1, 0.15) is 0 Å². The Kier molecular flexibility index (Phi) is 4.16. The Morgan fingerprint density at radius 2 is 1.92 bits per heavy atom. The third kappa shape index (κ3) is 2.96. The summed E-state index contributed by atoms with van der Waals surface area (Å²) < 4.78 is 0. The van der Waals surface area contributed by atoms with Crippen LogP contribution >= 0.6 is 11.6 Å². The van der Waals surface area contributed by atoms with Gasteiger partial charge in [-0.15, -0.1) is 0 Å². The average molecular weight is 199 g/mol. The minimum Gasteiger partial charge on any atom is -0.256 e. The molecule has 1 aromatic heterocycles. The van der Waals surface area contributed by atoms with E-state index in [4.69, 9.17) is 11.6 Å². The molecule has 0 amide bonds. The summed E-state index contributed by atoms with van der Waals surface area (Å²) in [4.78, 5) is 8.58. The molecule has 3 heteroatoms. The Balaban J connectivity index is 2.79. The molecule has 0 saturated heterocycles. The lowest BCUT2D eigenvalue weighted by molar-refractivity contribution is 0.829. The van der Waals surface area contributed by atoms with Crippen molar-refractivity contribution in [2.24, 2.45) is 0 Å². The molecule has 0 unspecified atom stereocenters. The number of hydrogen-bond donors (Lipinski definition) is 0. The predicted octanol–water partition coefficient (Wildman–Crippen LogP) is 3.04. The molecule has 0 fully saturated rings. The van der Waals surface area contributed by atoms with Crippen LogP contribution in [0.25, 0.3) is 0 Å². The van der Waals surface area contributed by atoms with Gasteiger partial charge in [-0.1, -0.05) is 38.3 Å². The van der Waals surface area contributed by atoms with Crippen molar-refractivity contribution in [2.45, 2.75) is 39.5 Å². The number of aromatic nitrogens is 2. The normalized spacial score (nSPS) is 10.4. The molecule has 13 heavy (non-hydrogen) atoms. The lowest BCUT2D eigenvalue weighted by Gasteiger charge is -2.02. The summed E-state index contributed by atoms with van der Waals surface area (Å²) in [6, 6.07) is 0. The lowest BCUT2D eigenvalue weighted by Crippen LogP contribution is -1.97. The molecule has 0 atom stereocenters. The van der Waals surface area contributed by atoms with Crippen molar-refractivity contribution in [3.63, 3.8) is 0 Å². The fourth-order valence-electron chi connectivity index (χ4n) is 1.21. The molecule has 0 saturated carbocycles. The highest BCUT2D eigenvalue weighted by atomic mass is 35.5. The standard InChI is InChI=1S/C10H15ClN2/c1-3-5-8-7-12-9(6-4-2)10(11)13-8/h7H,3-6H2,1-2H3. The van der Waals surface area contributed by atoms with Crippen LogP contribution < -0.4 is 0 Å².